The molecule has 0 saturated carbocycles. The van der Waals surface area contributed by atoms with Crippen LogP contribution >= 0.6 is 23.2 Å². The minimum Gasteiger partial charge on any atom is -0.482 e. The van der Waals surface area contributed by atoms with Crippen molar-refractivity contribution < 1.29 is 17.9 Å². The van der Waals surface area contributed by atoms with E-state index < -0.39 is 15.9 Å². The first kappa shape index (κ1) is 19.9. The molecule has 0 spiro atoms. The second-order valence-electron chi connectivity index (χ2n) is 6.05. The van der Waals surface area contributed by atoms with Crippen molar-refractivity contribution >= 4 is 44.8 Å². The summed E-state index contributed by atoms with van der Waals surface area (Å²) in [6, 6.07) is 10.8. The number of ether oxygens (including phenoxy) is 1. The third kappa shape index (κ3) is 4.93. The van der Waals surface area contributed by atoms with Crippen LogP contribution in [0.15, 0.2) is 47.4 Å². The minimum absolute atomic E-state index is 0.214. The SMILES string of the molecule is O=C(COc1ccc(Cl)cc1Cl)Nc1ccc(S(=O)(=O)N2CCCC2)cc1. The smallest absolute Gasteiger partial charge is 0.262 e. The van der Waals surface area contributed by atoms with E-state index >= 15 is 0 Å². The van der Waals surface area contributed by atoms with E-state index in [1.165, 1.54) is 22.5 Å². The van der Waals surface area contributed by atoms with Crippen LogP contribution < -0.4 is 10.1 Å². The van der Waals surface area contributed by atoms with Gasteiger partial charge in [-0.25, -0.2) is 8.42 Å². The highest BCUT2D eigenvalue weighted by Gasteiger charge is 2.26. The van der Waals surface area contributed by atoms with Gasteiger partial charge in [-0.15, -0.1) is 0 Å². The first-order valence-corrected chi connectivity index (χ1v) is 10.5. The molecule has 0 bridgehead atoms. The Morgan fingerprint density at radius 2 is 1.74 bits per heavy atom. The summed E-state index contributed by atoms with van der Waals surface area (Å²) in [5.41, 5.74) is 0.478. The molecule has 3 rings (SSSR count). The molecule has 0 unspecified atom stereocenters. The molecule has 144 valence electrons. The lowest BCUT2D eigenvalue weighted by Gasteiger charge is -2.15. The Bertz CT molecular complexity index is 927. The van der Waals surface area contributed by atoms with Gasteiger partial charge >= 0.3 is 0 Å². The summed E-state index contributed by atoms with van der Waals surface area (Å²) in [5, 5.41) is 3.43. The molecule has 1 saturated heterocycles. The van der Waals surface area contributed by atoms with E-state index in [2.05, 4.69) is 5.32 Å². The zero-order valence-electron chi connectivity index (χ0n) is 14.3. The zero-order valence-corrected chi connectivity index (χ0v) is 16.6. The van der Waals surface area contributed by atoms with Crippen LogP contribution in [-0.2, 0) is 14.8 Å². The number of sulfonamides is 1. The second-order valence-corrected chi connectivity index (χ2v) is 8.83. The number of amides is 1. The van der Waals surface area contributed by atoms with Crippen LogP contribution in [0.1, 0.15) is 12.8 Å². The molecule has 6 nitrogen and oxygen atoms in total. The first-order valence-electron chi connectivity index (χ1n) is 8.34. The second kappa shape index (κ2) is 8.48. The molecule has 1 fully saturated rings. The average Bonchev–Trinajstić information content (AvgIpc) is 3.17. The summed E-state index contributed by atoms with van der Waals surface area (Å²) in [4.78, 5) is 12.2. The maximum absolute atomic E-state index is 12.5. The summed E-state index contributed by atoms with van der Waals surface area (Å²) < 4.78 is 31.8. The molecule has 0 aromatic heterocycles. The van der Waals surface area contributed by atoms with Gasteiger partial charge in [0.2, 0.25) is 10.0 Å². The molecule has 2 aromatic carbocycles. The van der Waals surface area contributed by atoms with Crippen LogP contribution in [0.5, 0.6) is 5.75 Å². The van der Waals surface area contributed by atoms with E-state index in [9.17, 15) is 13.2 Å². The van der Waals surface area contributed by atoms with Crippen molar-refractivity contribution in [2.75, 3.05) is 25.0 Å². The zero-order chi connectivity index (χ0) is 19.4. The van der Waals surface area contributed by atoms with Gasteiger partial charge in [0.15, 0.2) is 6.61 Å². The van der Waals surface area contributed by atoms with Crippen molar-refractivity contribution in [1.29, 1.82) is 0 Å². The number of rotatable bonds is 6. The van der Waals surface area contributed by atoms with Crippen LogP contribution in [0.4, 0.5) is 5.69 Å². The van der Waals surface area contributed by atoms with Crippen LogP contribution in [0.3, 0.4) is 0 Å². The van der Waals surface area contributed by atoms with Gasteiger partial charge in [-0.05, 0) is 55.3 Å². The molecule has 1 amide bonds. The monoisotopic (exact) mass is 428 g/mol. The first-order chi connectivity index (χ1) is 12.9. The molecule has 1 aliphatic heterocycles. The maximum Gasteiger partial charge on any atom is 0.262 e. The third-order valence-corrected chi connectivity index (χ3v) is 6.54. The van der Waals surface area contributed by atoms with Gasteiger partial charge in [0.1, 0.15) is 5.75 Å². The molecule has 27 heavy (non-hydrogen) atoms. The number of benzene rings is 2. The fraction of sp³-hybridized carbons (Fsp3) is 0.278. The van der Waals surface area contributed by atoms with E-state index in [1.807, 2.05) is 0 Å². The van der Waals surface area contributed by atoms with E-state index in [0.717, 1.165) is 12.8 Å². The average molecular weight is 429 g/mol. The molecule has 9 heteroatoms. The highest BCUT2D eigenvalue weighted by molar-refractivity contribution is 7.89. The molecule has 2 aromatic rings. The van der Waals surface area contributed by atoms with Crippen LogP contribution in [0, 0.1) is 0 Å². The van der Waals surface area contributed by atoms with E-state index in [4.69, 9.17) is 27.9 Å². The van der Waals surface area contributed by atoms with Crippen molar-refractivity contribution in [1.82, 2.24) is 4.31 Å². The summed E-state index contributed by atoms with van der Waals surface area (Å²) >= 11 is 11.8. The predicted molar refractivity (Wildman–Crippen MR) is 105 cm³/mol. The summed E-state index contributed by atoms with van der Waals surface area (Å²) in [7, 11) is -3.47. The number of hydrogen-bond acceptors (Lipinski definition) is 4. The Labute approximate surface area is 168 Å². The molecule has 1 N–H and O–H groups in total. The Morgan fingerprint density at radius 1 is 1.07 bits per heavy atom. The quantitative estimate of drug-likeness (QED) is 0.758. The Hall–Kier alpha value is -1.80. The Morgan fingerprint density at radius 3 is 2.37 bits per heavy atom. The molecule has 0 atom stereocenters. The highest BCUT2D eigenvalue weighted by Crippen LogP contribution is 2.27. The van der Waals surface area contributed by atoms with Crippen molar-refractivity contribution in [2.24, 2.45) is 0 Å². The highest BCUT2D eigenvalue weighted by atomic mass is 35.5. The van der Waals surface area contributed by atoms with Gasteiger partial charge in [0, 0.05) is 23.8 Å². The normalized spacial score (nSPS) is 14.9. The Kier molecular flexibility index (Phi) is 6.26. The fourth-order valence-electron chi connectivity index (χ4n) is 2.72. The number of carbonyl (C=O) groups is 1. The van der Waals surface area contributed by atoms with Crippen molar-refractivity contribution in [3.8, 4) is 5.75 Å². The predicted octanol–water partition coefficient (Wildman–Crippen LogP) is 3.80. The standard InChI is InChI=1S/C18H18Cl2N2O4S/c19-13-3-8-17(16(20)11-13)26-12-18(23)21-14-4-6-15(7-5-14)27(24,25)22-9-1-2-10-22/h3-8,11H,1-2,9-10,12H2,(H,21,23). The number of carbonyl (C=O) groups excluding carboxylic acids is 1. The molecule has 0 radical (unpaired) electrons. The van der Waals surface area contributed by atoms with Gasteiger partial charge < -0.3 is 10.1 Å². The van der Waals surface area contributed by atoms with Crippen molar-refractivity contribution in [3.05, 3.63) is 52.5 Å². The van der Waals surface area contributed by atoms with Gasteiger partial charge in [-0.1, -0.05) is 23.2 Å². The summed E-state index contributed by atoms with van der Waals surface area (Å²) in [6.45, 7) is 0.853. The van der Waals surface area contributed by atoms with Gasteiger partial charge in [-0.2, -0.15) is 4.31 Å². The topological polar surface area (TPSA) is 75.7 Å². The van der Waals surface area contributed by atoms with Crippen molar-refractivity contribution in [3.63, 3.8) is 0 Å². The van der Waals surface area contributed by atoms with Crippen LogP contribution in [-0.4, -0.2) is 38.3 Å². The lowest BCUT2D eigenvalue weighted by Crippen LogP contribution is -2.27. The number of nitrogens with one attached hydrogen (secondary N) is 1. The van der Waals surface area contributed by atoms with Gasteiger partial charge in [0.25, 0.3) is 5.91 Å². The fourth-order valence-corrected chi connectivity index (χ4v) is 4.70. The van der Waals surface area contributed by atoms with E-state index in [-0.39, 0.29) is 11.5 Å². The Balaban J connectivity index is 1.58. The van der Waals surface area contributed by atoms with E-state index in [1.54, 1.807) is 24.3 Å². The summed E-state index contributed by atoms with van der Waals surface area (Å²) in [6.07, 6.45) is 1.76. The van der Waals surface area contributed by atoms with Crippen molar-refractivity contribution in [2.45, 2.75) is 17.7 Å². The molecule has 0 aliphatic carbocycles. The summed E-state index contributed by atoms with van der Waals surface area (Å²) in [5.74, 6) is -0.0422. The van der Waals surface area contributed by atoms with Crippen LogP contribution in [0.2, 0.25) is 10.0 Å². The number of anilines is 1. The van der Waals surface area contributed by atoms with Gasteiger partial charge in [0.05, 0.1) is 9.92 Å². The molecule has 1 aliphatic rings. The van der Waals surface area contributed by atoms with E-state index in [0.29, 0.717) is 34.6 Å². The maximum atomic E-state index is 12.5. The third-order valence-electron chi connectivity index (χ3n) is 4.09. The molecular weight excluding hydrogens is 411 g/mol. The minimum atomic E-state index is -3.47. The lowest BCUT2D eigenvalue weighted by molar-refractivity contribution is -0.118. The van der Waals surface area contributed by atoms with Gasteiger partial charge in [-0.3, -0.25) is 4.79 Å². The largest absolute Gasteiger partial charge is 0.482 e. The lowest BCUT2D eigenvalue weighted by atomic mass is 10.3. The number of halogens is 2. The molecular formula is C18H18Cl2N2O4S. The number of hydrogen-bond donors (Lipinski definition) is 1. The molecule has 1 heterocycles. The number of nitrogens with zero attached hydrogens (tertiary/aromatic N) is 1. The van der Waals surface area contributed by atoms with Crippen LogP contribution in [0.25, 0.3) is 0 Å².